The molecular formula is C24H23N3O. The fraction of sp³-hybridized carbons (Fsp3) is 0.250. The topological polar surface area (TPSA) is 45.2 Å². The van der Waals surface area contributed by atoms with Crippen LogP contribution in [0.2, 0.25) is 0 Å². The van der Waals surface area contributed by atoms with Gasteiger partial charge in [-0.15, -0.1) is 0 Å². The van der Waals surface area contributed by atoms with Gasteiger partial charge in [0.1, 0.15) is 0 Å². The van der Waals surface area contributed by atoms with Crippen LogP contribution in [0.1, 0.15) is 17.0 Å². The van der Waals surface area contributed by atoms with Crippen molar-refractivity contribution in [2.45, 2.75) is 24.4 Å². The number of carbonyl (C=O) groups is 1. The summed E-state index contributed by atoms with van der Waals surface area (Å²) in [4.78, 5) is 18.7. The van der Waals surface area contributed by atoms with Crippen molar-refractivity contribution >= 4 is 5.91 Å². The van der Waals surface area contributed by atoms with Crippen LogP contribution in [-0.2, 0) is 11.2 Å². The van der Waals surface area contributed by atoms with Crippen LogP contribution in [0.25, 0.3) is 11.1 Å². The van der Waals surface area contributed by atoms with E-state index in [0.29, 0.717) is 24.4 Å². The highest BCUT2D eigenvalue weighted by Gasteiger charge is 2.47. The minimum Gasteiger partial charge on any atom is -0.339 e. The fourth-order valence-corrected chi connectivity index (χ4v) is 4.51. The number of nitrogens with zero attached hydrogens (tertiary/aromatic N) is 2. The largest absolute Gasteiger partial charge is 0.339 e. The van der Waals surface area contributed by atoms with Crippen LogP contribution in [0.4, 0.5) is 0 Å². The van der Waals surface area contributed by atoms with Gasteiger partial charge in [-0.05, 0) is 34.4 Å². The zero-order valence-electron chi connectivity index (χ0n) is 15.7. The lowest BCUT2D eigenvalue weighted by molar-refractivity contribution is -0.135. The molecule has 1 N–H and O–H groups in total. The highest BCUT2D eigenvalue weighted by molar-refractivity contribution is 5.79. The van der Waals surface area contributed by atoms with E-state index in [4.69, 9.17) is 0 Å². The molecule has 28 heavy (non-hydrogen) atoms. The van der Waals surface area contributed by atoms with E-state index >= 15 is 0 Å². The monoisotopic (exact) mass is 369 g/mol. The number of piperazine rings is 1. The van der Waals surface area contributed by atoms with E-state index in [2.05, 4.69) is 58.8 Å². The third kappa shape index (κ3) is 3.20. The molecule has 4 nitrogen and oxygen atoms in total. The van der Waals surface area contributed by atoms with E-state index in [1.165, 1.54) is 16.7 Å². The lowest BCUT2D eigenvalue weighted by atomic mass is 9.74. The molecular weight excluding hydrogens is 346 g/mol. The third-order valence-corrected chi connectivity index (χ3v) is 5.99. The lowest BCUT2D eigenvalue weighted by Gasteiger charge is -2.55. The summed E-state index contributed by atoms with van der Waals surface area (Å²) in [7, 11) is 0. The molecule has 0 radical (unpaired) electrons. The fourth-order valence-electron chi connectivity index (χ4n) is 4.51. The van der Waals surface area contributed by atoms with Gasteiger partial charge < -0.3 is 10.2 Å². The first kappa shape index (κ1) is 17.1. The molecule has 2 bridgehead atoms. The Balaban J connectivity index is 1.24. The Bertz CT molecular complexity index is 944. The number of hydrogen-bond acceptors (Lipinski definition) is 3. The quantitative estimate of drug-likeness (QED) is 0.768. The van der Waals surface area contributed by atoms with Gasteiger partial charge in [-0.1, -0.05) is 54.6 Å². The Labute approximate surface area is 165 Å². The van der Waals surface area contributed by atoms with Crippen LogP contribution in [0.15, 0.2) is 79.1 Å². The molecule has 1 aromatic heterocycles. The molecule has 1 unspecified atom stereocenters. The summed E-state index contributed by atoms with van der Waals surface area (Å²) in [5.41, 5.74) is 4.89. The number of nitrogens with one attached hydrogen (secondary N) is 1. The number of fused-ring (bicyclic) bond motifs is 2. The summed E-state index contributed by atoms with van der Waals surface area (Å²) in [6, 6.07) is 23.9. The minimum absolute atomic E-state index is 0.209. The van der Waals surface area contributed by atoms with Gasteiger partial charge in [-0.25, -0.2) is 0 Å². The number of carbonyl (C=O) groups excluding carboxylic acids is 1. The van der Waals surface area contributed by atoms with Crippen molar-refractivity contribution in [3.05, 3.63) is 90.3 Å². The first-order chi connectivity index (χ1) is 13.8. The van der Waals surface area contributed by atoms with E-state index in [1.54, 1.807) is 12.4 Å². The first-order valence-electron chi connectivity index (χ1n) is 9.86. The summed E-state index contributed by atoms with van der Waals surface area (Å²) in [6.07, 6.45) is 3.94. The van der Waals surface area contributed by atoms with Gasteiger partial charge in [0.2, 0.25) is 5.91 Å². The summed E-state index contributed by atoms with van der Waals surface area (Å²) in [6.45, 7) is 1.57. The number of pyridine rings is 1. The molecule has 4 heteroatoms. The van der Waals surface area contributed by atoms with E-state index in [0.717, 1.165) is 18.7 Å². The van der Waals surface area contributed by atoms with Crippen LogP contribution in [0, 0.1) is 0 Å². The molecule has 0 spiro atoms. The molecule has 0 aliphatic carbocycles. The average Bonchev–Trinajstić information content (AvgIpc) is 2.76. The van der Waals surface area contributed by atoms with Crippen molar-refractivity contribution in [1.29, 1.82) is 0 Å². The van der Waals surface area contributed by atoms with Crippen molar-refractivity contribution in [2.24, 2.45) is 0 Å². The van der Waals surface area contributed by atoms with E-state index in [-0.39, 0.29) is 5.91 Å². The van der Waals surface area contributed by atoms with Crippen molar-refractivity contribution in [3.8, 4) is 11.1 Å². The Kier molecular flexibility index (Phi) is 4.41. The number of amides is 1. The Morgan fingerprint density at radius 1 is 0.893 bits per heavy atom. The van der Waals surface area contributed by atoms with Crippen LogP contribution in [0.3, 0.4) is 0 Å². The molecule has 1 amide bonds. The van der Waals surface area contributed by atoms with Gasteiger partial charge in [0, 0.05) is 43.5 Å². The first-order valence-corrected chi connectivity index (χ1v) is 9.86. The van der Waals surface area contributed by atoms with E-state index in [1.807, 2.05) is 23.1 Å². The standard InChI is InChI=1S/C24H23N3O/c28-23(14-17-10-12-25-13-11-17)27-15-21-24(22(16-27)26-21)20-8-6-19(7-9-20)18-4-2-1-3-5-18/h1-13,21-22,24,26H,14-16H2/t21-,22+,24?. The molecule has 4 heterocycles. The molecule has 3 aliphatic rings. The number of piperidine rings is 1. The van der Waals surface area contributed by atoms with Crippen LogP contribution >= 0.6 is 0 Å². The van der Waals surface area contributed by atoms with E-state index < -0.39 is 0 Å². The molecule has 3 saturated heterocycles. The second kappa shape index (κ2) is 7.21. The normalized spacial score (nSPS) is 23.1. The Morgan fingerprint density at radius 2 is 1.54 bits per heavy atom. The van der Waals surface area contributed by atoms with Crippen molar-refractivity contribution in [2.75, 3.05) is 13.1 Å². The highest BCUT2D eigenvalue weighted by Crippen LogP contribution is 2.37. The number of hydrogen-bond donors (Lipinski definition) is 1. The van der Waals surface area contributed by atoms with Gasteiger partial charge in [0.15, 0.2) is 0 Å². The molecule has 3 aliphatic heterocycles. The molecule has 3 aromatic rings. The summed E-state index contributed by atoms with van der Waals surface area (Å²) < 4.78 is 0. The maximum absolute atomic E-state index is 12.7. The van der Waals surface area contributed by atoms with Gasteiger partial charge in [0.25, 0.3) is 0 Å². The predicted molar refractivity (Wildman–Crippen MR) is 110 cm³/mol. The zero-order chi connectivity index (χ0) is 18.9. The van der Waals surface area contributed by atoms with Gasteiger partial charge >= 0.3 is 0 Å². The van der Waals surface area contributed by atoms with Gasteiger partial charge in [-0.3, -0.25) is 9.78 Å². The molecule has 2 aromatic carbocycles. The Morgan fingerprint density at radius 3 is 2.21 bits per heavy atom. The van der Waals surface area contributed by atoms with Crippen molar-refractivity contribution < 1.29 is 4.79 Å². The maximum Gasteiger partial charge on any atom is 0.227 e. The number of aromatic nitrogens is 1. The maximum atomic E-state index is 12.7. The summed E-state index contributed by atoms with van der Waals surface area (Å²) in [5, 5.41) is 3.62. The molecule has 6 rings (SSSR count). The smallest absolute Gasteiger partial charge is 0.227 e. The van der Waals surface area contributed by atoms with Gasteiger partial charge in [0.05, 0.1) is 6.42 Å². The third-order valence-electron chi connectivity index (χ3n) is 5.99. The number of rotatable bonds is 4. The van der Waals surface area contributed by atoms with Crippen molar-refractivity contribution in [1.82, 2.24) is 15.2 Å². The zero-order valence-corrected chi connectivity index (χ0v) is 15.7. The second-order valence-corrected chi connectivity index (χ2v) is 7.72. The van der Waals surface area contributed by atoms with Crippen LogP contribution in [0.5, 0.6) is 0 Å². The lowest BCUT2D eigenvalue weighted by Crippen LogP contribution is -2.72. The van der Waals surface area contributed by atoms with E-state index in [9.17, 15) is 4.79 Å². The summed E-state index contributed by atoms with van der Waals surface area (Å²) in [5.74, 6) is 0.704. The SMILES string of the molecule is O=C(Cc1ccncc1)N1C[C@@H]2N[C@H](C1)C2c1ccc(-c2ccccc2)cc1. The predicted octanol–water partition coefficient (Wildman–Crippen LogP) is 3.26. The highest BCUT2D eigenvalue weighted by atomic mass is 16.2. The van der Waals surface area contributed by atoms with Crippen LogP contribution < -0.4 is 5.32 Å². The molecule has 3 atom stereocenters. The molecule has 3 fully saturated rings. The Hall–Kier alpha value is -2.98. The average molecular weight is 369 g/mol. The molecule has 140 valence electrons. The minimum atomic E-state index is 0.209. The summed E-state index contributed by atoms with van der Waals surface area (Å²) >= 11 is 0. The van der Waals surface area contributed by atoms with Crippen LogP contribution in [-0.4, -0.2) is 41.0 Å². The van der Waals surface area contributed by atoms with Gasteiger partial charge in [-0.2, -0.15) is 0 Å². The molecule has 0 saturated carbocycles. The number of benzene rings is 2. The second-order valence-electron chi connectivity index (χ2n) is 7.72. The van der Waals surface area contributed by atoms with Crippen molar-refractivity contribution in [3.63, 3.8) is 0 Å².